The molecule has 2 heterocycles. The summed E-state index contributed by atoms with van der Waals surface area (Å²) < 4.78 is 17.7. The number of nitrogens with zero attached hydrogens (tertiary/aromatic N) is 3. The first kappa shape index (κ1) is 36.7. The Morgan fingerprint density at radius 2 is 1.83 bits per heavy atom. The number of aromatic nitrogens is 1. The van der Waals surface area contributed by atoms with Gasteiger partial charge in [-0.3, -0.25) is 9.59 Å². The van der Waals surface area contributed by atoms with E-state index in [0.29, 0.717) is 31.1 Å². The van der Waals surface area contributed by atoms with Crippen molar-refractivity contribution < 1.29 is 38.5 Å². The SMILES string of the molecule is CCC1CC1(NC(=O)C1CC(Oc2nccc3cc(OCCN(C)C)ccc23)CN1C(=O)C(NC(=O)OC(C)(C)C)C(C)(C)C)C(=O)O. The van der Waals surface area contributed by atoms with Crippen molar-refractivity contribution in [3.8, 4) is 11.6 Å². The number of rotatable bonds is 12. The fourth-order valence-corrected chi connectivity index (χ4v) is 6.02. The maximum absolute atomic E-state index is 14.3. The number of nitrogens with one attached hydrogen (secondary N) is 2. The molecule has 1 aliphatic carbocycles. The van der Waals surface area contributed by atoms with Crippen molar-refractivity contribution in [2.75, 3.05) is 33.8 Å². The number of amides is 3. The summed E-state index contributed by atoms with van der Waals surface area (Å²) >= 11 is 0. The van der Waals surface area contributed by atoms with Crippen LogP contribution >= 0.6 is 0 Å². The summed E-state index contributed by atoms with van der Waals surface area (Å²) in [5.74, 6) is -1.35. The molecule has 1 saturated carbocycles. The molecule has 48 heavy (non-hydrogen) atoms. The quantitative estimate of drug-likeness (QED) is 0.303. The van der Waals surface area contributed by atoms with Gasteiger partial charge in [-0.2, -0.15) is 0 Å². The number of ether oxygens (including phenoxy) is 3. The van der Waals surface area contributed by atoms with Gasteiger partial charge in [0.1, 0.15) is 41.7 Å². The zero-order valence-corrected chi connectivity index (χ0v) is 29.6. The Morgan fingerprint density at radius 1 is 1.12 bits per heavy atom. The summed E-state index contributed by atoms with van der Waals surface area (Å²) in [6.07, 6.45) is 1.21. The Bertz CT molecular complexity index is 1520. The lowest BCUT2D eigenvalue weighted by Crippen LogP contribution is -2.59. The molecule has 0 spiro atoms. The predicted molar refractivity (Wildman–Crippen MR) is 180 cm³/mol. The second-order valence-corrected chi connectivity index (χ2v) is 15.2. The molecule has 2 aromatic rings. The number of aliphatic carboxylic acids is 1. The van der Waals surface area contributed by atoms with Gasteiger partial charge in [-0.1, -0.05) is 34.1 Å². The van der Waals surface area contributed by atoms with E-state index in [2.05, 4.69) is 15.6 Å². The molecule has 5 atom stereocenters. The van der Waals surface area contributed by atoms with Crippen molar-refractivity contribution >= 4 is 34.6 Å². The Hall–Kier alpha value is -4.13. The Balaban J connectivity index is 1.61. The van der Waals surface area contributed by atoms with E-state index in [-0.39, 0.29) is 18.9 Å². The molecule has 5 unspecified atom stereocenters. The fraction of sp³-hybridized carbons (Fsp3) is 0.629. The van der Waals surface area contributed by atoms with Crippen LogP contribution in [0, 0.1) is 11.3 Å². The lowest BCUT2D eigenvalue weighted by Gasteiger charge is -2.35. The Labute approximate surface area is 282 Å². The number of carbonyl (C=O) groups is 4. The number of hydrogen-bond acceptors (Lipinski definition) is 9. The smallest absolute Gasteiger partial charge is 0.408 e. The van der Waals surface area contributed by atoms with Crippen LogP contribution in [0.15, 0.2) is 30.5 Å². The van der Waals surface area contributed by atoms with Crippen LogP contribution in [0.4, 0.5) is 4.79 Å². The number of pyridine rings is 1. The van der Waals surface area contributed by atoms with Crippen molar-refractivity contribution in [2.24, 2.45) is 11.3 Å². The highest BCUT2D eigenvalue weighted by molar-refractivity contribution is 5.96. The van der Waals surface area contributed by atoms with E-state index in [1.54, 1.807) is 47.7 Å². The van der Waals surface area contributed by atoms with E-state index < -0.39 is 58.6 Å². The highest BCUT2D eigenvalue weighted by Gasteiger charge is 2.61. The lowest BCUT2D eigenvalue weighted by molar-refractivity contribution is -0.146. The van der Waals surface area contributed by atoms with Gasteiger partial charge in [0.2, 0.25) is 17.7 Å². The summed E-state index contributed by atoms with van der Waals surface area (Å²) in [4.78, 5) is 61.1. The summed E-state index contributed by atoms with van der Waals surface area (Å²) in [5, 5.41) is 17.0. The molecule has 2 fully saturated rings. The standard InChI is InChI=1S/C35H51N5O8/c1-10-22-19-35(22,31(43)44)38-28(41)26-18-24(20-40(26)30(42)27(33(2,3)4)37-32(45)48-34(5,6)7)47-29-25-12-11-23(46-16-15-39(8)9)17-21(25)13-14-36-29/h11-14,17,22,24,26-27H,10,15-16,18-20H2,1-9H3,(H,37,45)(H,38,41)(H,43,44). The highest BCUT2D eigenvalue weighted by Crippen LogP contribution is 2.46. The summed E-state index contributed by atoms with van der Waals surface area (Å²) in [6.45, 7) is 13.8. The molecule has 13 nitrogen and oxygen atoms in total. The predicted octanol–water partition coefficient (Wildman–Crippen LogP) is 3.83. The number of hydrogen-bond donors (Lipinski definition) is 3. The zero-order chi connectivity index (χ0) is 35.6. The lowest BCUT2D eigenvalue weighted by atomic mass is 9.85. The monoisotopic (exact) mass is 669 g/mol. The minimum atomic E-state index is -1.37. The second kappa shape index (κ2) is 14.2. The normalized spacial score (nSPS) is 23.0. The molecular weight excluding hydrogens is 618 g/mol. The van der Waals surface area contributed by atoms with Gasteiger partial charge < -0.3 is 39.8 Å². The minimum Gasteiger partial charge on any atom is -0.492 e. The average Bonchev–Trinajstić information content (AvgIpc) is 3.53. The third kappa shape index (κ3) is 8.66. The maximum Gasteiger partial charge on any atom is 0.408 e. The number of likely N-dealkylation sites (N-methyl/N-ethyl adjacent to an activating group) is 1. The van der Waals surface area contributed by atoms with Gasteiger partial charge in [-0.05, 0) is 82.3 Å². The minimum absolute atomic E-state index is 0.0145. The molecule has 1 aromatic heterocycles. The topological polar surface area (TPSA) is 160 Å². The van der Waals surface area contributed by atoms with Crippen LogP contribution in [0.1, 0.15) is 67.7 Å². The van der Waals surface area contributed by atoms with Crippen LogP contribution in [0.5, 0.6) is 11.6 Å². The average molecular weight is 670 g/mol. The number of likely N-dealkylation sites (tertiary alicyclic amines) is 1. The number of carboxylic acids is 1. The highest BCUT2D eigenvalue weighted by atomic mass is 16.6. The number of fused-ring (bicyclic) bond motifs is 1. The molecule has 2 aliphatic rings. The van der Waals surface area contributed by atoms with Crippen LogP contribution in [-0.2, 0) is 19.1 Å². The third-order valence-corrected chi connectivity index (χ3v) is 8.73. The molecule has 3 amide bonds. The van der Waals surface area contributed by atoms with Crippen molar-refractivity contribution in [1.82, 2.24) is 25.4 Å². The summed E-state index contributed by atoms with van der Waals surface area (Å²) in [6, 6.07) is 5.36. The molecule has 3 N–H and O–H groups in total. The summed E-state index contributed by atoms with van der Waals surface area (Å²) in [7, 11) is 3.95. The number of carbonyl (C=O) groups excluding carboxylic acids is 3. The zero-order valence-electron chi connectivity index (χ0n) is 29.6. The molecule has 264 valence electrons. The van der Waals surface area contributed by atoms with E-state index in [4.69, 9.17) is 14.2 Å². The fourth-order valence-electron chi connectivity index (χ4n) is 6.02. The van der Waals surface area contributed by atoms with Crippen molar-refractivity contribution in [3.63, 3.8) is 0 Å². The van der Waals surface area contributed by atoms with Crippen LogP contribution < -0.4 is 20.1 Å². The number of carboxylic acid groups (broad SMARTS) is 1. The van der Waals surface area contributed by atoms with E-state index >= 15 is 0 Å². The molecule has 0 bridgehead atoms. The van der Waals surface area contributed by atoms with E-state index in [0.717, 1.165) is 17.3 Å². The van der Waals surface area contributed by atoms with E-state index in [1.807, 2.05) is 50.2 Å². The van der Waals surface area contributed by atoms with Crippen molar-refractivity contribution in [2.45, 2.75) is 97.1 Å². The first-order valence-electron chi connectivity index (χ1n) is 16.5. The van der Waals surface area contributed by atoms with Crippen molar-refractivity contribution in [1.29, 1.82) is 0 Å². The van der Waals surface area contributed by atoms with Crippen LogP contribution in [-0.4, -0.2) is 107 Å². The van der Waals surface area contributed by atoms with Gasteiger partial charge in [0, 0.05) is 24.5 Å². The van der Waals surface area contributed by atoms with E-state index in [1.165, 1.54) is 4.90 Å². The van der Waals surface area contributed by atoms with Crippen LogP contribution in [0.25, 0.3) is 10.8 Å². The molecule has 4 rings (SSSR count). The molecular formula is C35H51N5O8. The molecule has 1 aromatic carbocycles. The molecule has 0 radical (unpaired) electrons. The van der Waals surface area contributed by atoms with Gasteiger partial charge in [0.15, 0.2) is 0 Å². The van der Waals surface area contributed by atoms with Gasteiger partial charge in [0.05, 0.1) is 6.54 Å². The van der Waals surface area contributed by atoms with Crippen LogP contribution in [0.3, 0.4) is 0 Å². The van der Waals surface area contributed by atoms with Gasteiger partial charge in [-0.15, -0.1) is 0 Å². The number of alkyl carbamates (subject to hydrolysis) is 1. The largest absolute Gasteiger partial charge is 0.492 e. The molecule has 1 saturated heterocycles. The molecule has 1 aliphatic heterocycles. The van der Waals surface area contributed by atoms with Gasteiger partial charge in [0.25, 0.3) is 0 Å². The summed E-state index contributed by atoms with van der Waals surface area (Å²) in [5.41, 5.74) is -2.93. The second-order valence-electron chi connectivity index (χ2n) is 15.2. The first-order valence-corrected chi connectivity index (χ1v) is 16.5. The van der Waals surface area contributed by atoms with Gasteiger partial charge in [-0.25, -0.2) is 14.6 Å². The third-order valence-electron chi connectivity index (χ3n) is 8.73. The van der Waals surface area contributed by atoms with E-state index in [9.17, 15) is 24.3 Å². The molecule has 13 heteroatoms. The van der Waals surface area contributed by atoms with Crippen molar-refractivity contribution in [3.05, 3.63) is 30.5 Å². The van der Waals surface area contributed by atoms with Crippen LogP contribution in [0.2, 0.25) is 0 Å². The Kier molecular flexibility index (Phi) is 10.8. The Morgan fingerprint density at radius 3 is 2.42 bits per heavy atom. The number of benzene rings is 1. The van der Waals surface area contributed by atoms with Gasteiger partial charge >= 0.3 is 12.1 Å². The maximum atomic E-state index is 14.3. The first-order chi connectivity index (χ1) is 22.3.